The van der Waals surface area contributed by atoms with Gasteiger partial charge in [0.05, 0.1) is 0 Å². The molecule has 0 aromatic carbocycles. The molecule has 1 rings (SSSR count). The van der Waals surface area contributed by atoms with E-state index in [9.17, 15) is 9.59 Å². The summed E-state index contributed by atoms with van der Waals surface area (Å²) in [4.78, 5) is 30.0. The summed E-state index contributed by atoms with van der Waals surface area (Å²) in [7, 11) is 0. The zero-order chi connectivity index (χ0) is 13.1. The van der Waals surface area contributed by atoms with Crippen LogP contribution in [0.15, 0.2) is 10.2 Å². The summed E-state index contributed by atoms with van der Waals surface area (Å²) in [6.45, 7) is 4.30. The van der Waals surface area contributed by atoms with Gasteiger partial charge in [-0.1, -0.05) is 0 Å². The summed E-state index contributed by atoms with van der Waals surface area (Å²) in [6.07, 6.45) is 3.04. The molecule has 0 bridgehead atoms. The molecule has 1 unspecified atom stereocenters. The molecule has 0 radical (unpaired) electrons. The van der Waals surface area contributed by atoms with Gasteiger partial charge < -0.3 is 0 Å². The van der Waals surface area contributed by atoms with Crippen LogP contribution in [0.25, 0.3) is 0 Å². The first-order valence-electron chi connectivity index (χ1n) is 6.20. The molecule has 3 nitrogen and oxygen atoms in total. The van der Waals surface area contributed by atoms with Gasteiger partial charge in [0.25, 0.3) is 0 Å². The van der Waals surface area contributed by atoms with Crippen molar-refractivity contribution in [3.05, 3.63) is 10.2 Å². The Labute approximate surface area is 107 Å². The van der Waals surface area contributed by atoms with Crippen LogP contribution in [0.1, 0.15) is 25.7 Å². The van der Waals surface area contributed by atoms with Gasteiger partial charge in [-0.05, 0) is 0 Å². The molecule has 4 heteroatoms. The van der Waals surface area contributed by atoms with E-state index in [1.54, 1.807) is 0 Å². The molecule has 0 amide bonds. The van der Waals surface area contributed by atoms with Gasteiger partial charge in [0.1, 0.15) is 0 Å². The first kappa shape index (κ1) is 14.7. The molecule has 1 fully saturated rings. The third-order valence-corrected chi connectivity index (χ3v) is 9.75. The topological polar surface area (TPSA) is 43.4 Å². The summed E-state index contributed by atoms with van der Waals surface area (Å²) < 4.78 is 6.31. The normalized spacial score (nSPS) is 21.1. The maximum absolute atomic E-state index is 11.8. The first-order chi connectivity index (χ1) is 7.82. The fourth-order valence-electron chi connectivity index (χ4n) is 1.71. The Bertz CT molecular complexity index is 328. The second kappa shape index (κ2) is 6.03. The number of hydrogen-bond donors (Lipinski definition) is 0. The molecule has 0 N–H and O–H groups in total. The summed E-state index contributed by atoms with van der Waals surface area (Å²) in [6, 6.07) is 0. The van der Waals surface area contributed by atoms with E-state index in [4.69, 9.17) is 4.74 Å². The Morgan fingerprint density at radius 1 is 1.41 bits per heavy atom. The van der Waals surface area contributed by atoms with Crippen LogP contribution in [0, 0.1) is 5.92 Å². The van der Waals surface area contributed by atoms with Crippen LogP contribution in [-0.2, 0) is 14.3 Å². The molecule has 1 saturated carbocycles. The molecular weight excluding hydrogens is 323 g/mol. The van der Waals surface area contributed by atoms with Gasteiger partial charge in [-0.2, -0.15) is 0 Å². The second-order valence-electron chi connectivity index (χ2n) is 5.73. The molecule has 0 aliphatic heterocycles. The predicted molar refractivity (Wildman–Crippen MR) is 70.4 cm³/mol. The molecule has 0 aromatic heterocycles. The van der Waals surface area contributed by atoms with Crippen LogP contribution in [0.5, 0.6) is 0 Å². The van der Waals surface area contributed by atoms with Crippen molar-refractivity contribution in [3.8, 4) is 0 Å². The Morgan fingerprint density at radius 3 is 2.59 bits per heavy atom. The quantitative estimate of drug-likeness (QED) is 0.447. The van der Waals surface area contributed by atoms with E-state index >= 15 is 0 Å². The summed E-state index contributed by atoms with van der Waals surface area (Å²) >= 11 is -2.16. The van der Waals surface area contributed by atoms with Crippen LogP contribution >= 0.6 is 0 Å². The van der Waals surface area contributed by atoms with Crippen molar-refractivity contribution in [2.75, 3.05) is 6.61 Å². The van der Waals surface area contributed by atoms with E-state index in [1.807, 2.05) is 0 Å². The zero-order valence-corrected chi connectivity index (χ0v) is 13.9. The fraction of sp³-hybridized carbons (Fsp3) is 0.692. The van der Waals surface area contributed by atoms with E-state index < -0.39 is 24.3 Å². The number of carbonyl (C=O) groups excluding carboxylic acids is 2. The predicted octanol–water partition coefficient (Wildman–Crippen LogP) is 2.72. The molecule has 96 valence electrons. The minimum absolute atomic E-state index is 0.0473. The molecule has 1 aliphatic rings. The van der Waals surface area contributed by atoms with Gasteiger partial charge in [0.15, 0.2) is 0 Å². The van der Waals surface area contributed by atoms with E-state index in [0.717, 1.165) is 16.4 Å². The van der Waals surface area contributed by atoms with Gasteiger partial charge >= 0.3 is 108 Å². The molecule has 0 spiro atoms. The standard InChI is InChI=1S/C10H13O3.3CH3.Sn/c1-2-7-13-10(12)8-5-3-4-6-9(8)11;;;;/h8H,1,3-7H2;3*1H3;. The Balaban J connectivity index is 2.44. The molecule has 0 saturated heterocycles. The second-order valence-corrected chi connectivity index (χ2v) is 20.6. The summed E-state index contributed by atoms with van der Waals surface area (Å²) in [5.41, 5.74) is 0. The number of esters is 1. The van der Waals surface area contributed by atoms with E-state index in [0.29, 0.717) is 19.4 Å². The number of ether oxygens (including phenoxy) is 1. The van der Waals surface area contributed by atoms with Crippen LogP contribution < -0.4 is 0 Å². The molecule has 0 aromatic rings. The SMILES string of the molecule is C=[C](COC(=O)C1CCCCC1=O)[Sn]([CH3])([CH3])[CH3]. The van der Waals surface area contributed by atoms with Crippen molar-refractivity contribution in [2.45, 2.75) is 40.5 Å². The van der Waals surface area contributed by atoms with Gasteiger partial charge in [0.2, 0.25) is 0 Å². The molecule has 17 heavy (non-hydrogen) atoms. The monoisotopic (exact) mass is 346 g/mol. The number of Topliss-reactive ketones (excluding diaryl/α,β-unsaturated/α-hetero) is 1. The average molecular weight is 345 g/mol. The van der Waals surface area contributed by atoms with Crippen molar-refractivity contribution in [1.82, 2.24) is 0 Å². The van der Waals surface area contributed by atoms with Gasteiger partial charge in [0, 0.05) is 0 Å². The van der Waals surface area contributed by atoms with Crippen LogP contribution in [0.4, 0.5) is 0 Å². The van der Waals surface area contributed by atoms with E-state index in [-0.39, 0.29) is 11.8 Å². The Kier molecular flexibility index (Phi) is 5.22. The number of carbonyl (C=O) groups is 2. The van der Waals surface area contributed by atoms with Crippen molar-refractivity contribution in [2.24, 2.45) is 5.92 Å². The fourth-order valence-corrected chi connectivity index (χ4v) is 3.15. The summed E-state index contributed by atoms with van der Waals surface area (Å²) in [5, 5.41) is 0. The number of rotatable bonds is 4. The van der Waals surface area contributed by atoms with Crippen molar-refractivity contribution in [3.63, 3.8) is 0 Å². The average Bonchev–Trinajstić information content (AvgIpc) is 2.24. The summed E-state index contributed by atoms with van der Waals surface area (Å²) in [5.74, 6) is -0.802. The number of ketones is 1. The molecular formula is C13H22O3Sn. The Hall–Kier alpha value is -0.321. The van der Waals surface area contributed by atoms with Crippen LogP contribution in [0.3, 0.4) is 0 Å². The first-order valence-corrected chi connectivity index (χ1v) is 16.2. The van der Waals surface area contributed by atoms with Gasteiger partial charge in [-0.25, -0.2) is 0 Å². The number of hydrogen-bond acceptors (Lipinski definition) is 3. The van der Waals surface area contributed by atoms with E-state index in [2.05, 4.69) is 21.4 Å². The molecule has 1 atom stereocenters. The molecule has 0 heterocycles. The van der Waals surface area contributed by atoms with Crippen molar-refractivity contribution < 1.29 is 14.3 Å². The van der Waals surface area contributed by atoms with Gasteiger partial charge in [-0.3, -0.25) is 0 Å². The third kappa shape index (κ3) is 4.45. The molecule has 1 aliphatic carbocycles. The Morgan fingerprint density at radius 2 is 2.06 bits per heavy atom. The van der Waals surface area contributed by atoms with Crippen LogP contribution in [0.2, 0.25) is 14.8 Å². The maximum atomic E-state index is 11.8. The van der Waals surface area contributed by atoms with Crippen LogP contribution in [-0.4, -0.2) is 36.7 Å². The van der Waals surface area contributed by atoms with E-state index in [1.165, 1.54) is 0 Å². The minimum atomic E-state index is -2.16. The van der Waals surface area contributed by atoms with Gasteiger partial charge in [-0.15, -0.1) is 0 Å². The third-order valence-electron chi connectivity index (χ3n) is 3.29. The van der Waals surface area contributed by atoms with Crippen molar-refractivity contribution in [1.29, 1.82) is 0 Å². The zero-order valence-electron chi connectivity index (χ0n) is 11.0. The van der Waals surface area contributed by atoms with Crippen molar-refractivity contribution >= 4 is 30.1 Å².